The predicted molar refractivity (Wildman–Crippen MR) is 60.1 cm³/mol. The Bertz CT molecular complexity index is 466. The molecule has 1 heterocycles. The highest BCUT2D eigenvalue weighted by Crippen LogP contribution is 2.25. The highest BCUT2D eigenvalue weighted by Gasteiger charge is 1.97. The fourth-order valence-corrected chi connectivity index (χ4v) is 2.22. The number of rotatable bonds is 2. The van der Waals surface area contributed by atoms with Gasteiger partial charge >= 0.3 is 0 Å². The molecule has 2 nitrogen and oxygen atoms in total. The minimum atomic E-state index is -0.414. The van der Waals surface area contributed by atoms with E-state index in [9.17, 15) is 4.79 Å². The number of hydrogen-bond donors (Lipinski definition) is 1. The number of fused-ring (bicyclic) bond motifs is 1. The molecule has 0 radical (unpaired) electrons. The molecule has 14 heavy (non-hydrogen) atoms. The van der Waals surface area contributed by atoms with Crippen LogP contribution in [0.4, 0.5) is 0 Å². The van der Waals surface area contributed by atoms with Gasteiger partial charge in [0, 0.05) is 15.7 Å². The average molecular weight is 203 g/mol. The van der Waals surface area contributed by atoms with E-state index < -0.39 is 5.91 Å². The summed E-state index contributed by atoms with van der Waals surface area (Å²) >= 11 is 1.64. The molecule has 0 atom stereocenters. The molecule has 0 fully saturated rings. The Morgan fingerprint density at radius 1 is 1.36 bits per heavy atom. The summed E-state index contributed by atoms with van der Waals surface area (Å²) in [4.78, 5) is 11.6. The quantitative estimate of drug-likeness (QED) is 0.748. The third-order valence-electron chi connectivity index (χ3n) is 1.86. The lowest BCUT2D eigenvalue weighted by molar-refractivity contribution is -0.113. The van der Waals surface area contributed by atoms with Crippen molar-refractivity contribution in [1.29, 1.82) is 0 Å². The van der Waals surface area contributed by atoms with Crippen molar-refractivity contribution in [3.05, 3.63) is 41.3 Å². The summed E-state index contributed by atoms with van der Waals surface area (Å²) in [5.74, 6) is -0.414. The smallest absolute Gasteiger partial charge is 0.241 e. The molecule has 0 aliphatic rings. The molecule has 0 aliphatic heterocycles. The molecule has 2 rings (SSSR count). The van der Waals surface area contributed by atoms with Gasteiger partial charge in [-0.25, -0.2) is 0 Å². The van der Waals surface area contributed by atoms with Crippen molar-refractivity contribution < 1.29 is 4.79 Å². The molecule has 2 N–H and O–H groups in total. The molecule has 0 unspecified atom stereocenters. The van der Waals surface area contributed by atoms with Crippen LogP contribution in [0, 0.1) is 0 Å². The van der Waals surface area contributed by atoms with E-state index >= 15 is 0 Å². The van der Waals surface area contributed by atoms with Gasteiger partial charge in [0.05, 0.1) is 0 Å². The van der Waals surface area contributed by atoms with Crippen LogP contribution in [0.5, 0.6) is 0 Å². The van der Waals surface area contributed by atoms with Gasteiger partial charge in [-0.15, -0.1) is 11.3 Å². The number of thiophene rings is 1. The van der Waals surface area contributed by atoms with E-state index in [0.717, 1.165) is 4.88 Å². The molecule has 2 aromatic rings. The SMILES string of the molecule is NC(=O)C=Cc1cc2ccccc2s1. The maximum atomic E-state index is 10.5. The largest absolute Gasteiger partial charge is 0.366 e. The Hall–Kier alpha value is -1.61. The van der Waals surface area contributed by atoms with Crippen LogP contribution in [0.1, 0.15) is 4.88 Å². The highest BCUT2D eigenvalue weighted by atomic mass is 32.1. The molecule has 0 saturated carbocycles. The van der Waals surface area contributed by atoms with Crippen molar-refractivity contribution in [2.24, 2.45) is 5.73 Å². The van der Waals surface area contributed by atoms with Gasteiger partial charge < -0.3 is 5.73 Å². The zero-order chi connectivity index (χ0) is 9.97. The summed E-state index contributed by atoms with van der Waals surface area (Å²) < 4.78 is 1.22. The first kappa shape index (κ1) is 8.97. The first-order chi connectivity index (χ1) is 6.75. The summed E-state index contributed by atoms with van der Waals surface area (Å²) in [6, 6.07) is 10.1. The van der Waals surface area contributed by atoms with E-state index in [0.29, 0.717) is 0 Å². The van der Waals surface area contributed by atoms with Crippen molar-refractivity contribution in [2.45, 2.75) is 0 Å². The maximum Gasteiger partial charge on any atom is 0.241 e. The van der Waals surface area contributed by atoms with Crippen LogP contribution in [0.15, 0.2) is 36.4 Å². The Balaban J connectivity index is 2.40. The lowest BCUT2D eigenvalue weighted by atomic mass is 10.2. The van der Waals surface area contributed by atoms with Gasteiger partial charge in [0.15, 0.2) is 0 Å². The molecular weight excluding hydrogens is 194 g/mol. The molecule has 0 aliphatic carbocycles. The number of carbonyl (C=O) groups excluding carboxylic acids is 1. The molecule has 1 aromatic carbocycles. The van der Waals surface area contributed by atoms with E-state index in [1.54, 1.807) is 17.4 Å². The molecular formula is C11H9NOS. The van der Waals surface area contributed by atoms with Gasteiger partial charge in [-0.3, -0.25) is 4.79 Å². The monoisotopic (exact) mass is 203 g/mol. The number of nitrogens with two attached hydrogens (primary N) is 1. The molecule has 1 amide bonds. The number of amides is 1. The molecule has 3 heteroatoms. The second-order valence-electron chi connectivity index (χ2n) is 2.92. The average Bonchev–Trinajstić information content (AvgIpc) is 2.57. The van der Waals surface area contributed by atoms with Crippen LogP contribution in [-0.4, -0.2) is 5.91 Å². The van der Waals surface area contributed by atoms with E-state index in [-0.39, 0.29) is 0 Å². The van der Waals surface area contributed by atoms with Gasteiger partial charge in [-0.05, 0) is 23.6 Å². The zero-order valence-electron chi connectivity index (χ0n) is 7.44. The number of primary amides is 1. The van der Waals surface area contributed by atoms with Crippen LogP contribution in [0.2, 0.25) is 0 Å². The van der Waals surface area contributed by atoms with Gasteiger partial charge in [0.25, 0.3) is 0 Å². The van der Waals surface area contributed by atoms with Crippen molar-refractivity contribution >= 4 is 33.4 Å². The summed E-state index contributed by atoms with van der Waals surface area (Å²) in [5.41, 5.74) is 5.01. The normalized spacial score (nSPS) is 11.1. The molecule has 70 valence electrons. The molecule has 0 saturated heterocycles. The first-order valence-corrected chi connectivity index (χ1v) is 5.03. The third-order valence-corrected chi connectivity index (χ3v) is 2.94. The van der Waals surface area contributed by atoms with Crippen molar-refractivity contribution in [1.82, 2.24) is 0 Å². The topological polar surface area (TPSA) is 43.1 Å². The van der Waals surface area contributed by atoms with E-state index in [4.69, 9.17) is 5.73 Å². The summed E-state index contributed by atoms with van der Waals surface area (Å²) in [6.07, 6.45) is 3.12. The Morgan fingerprint density at radius 2 is 2.14 bits per heavy atom. The number of hydrogen-bond acceptors (Lipinski definition) is 2. The Labute approximate surface area is 85.7 Å². The van der Waals surface area contributed by atoms with Gasteiger partial charge in [0.1, 0.15) is 0 Å². The van der Waals surface area contributed by atoms with Crippen LogP contribution >= 0.6 is 11.3 Å². The van der Waals surface area contributed by atoms with Crippen molar-refractivity contribution in [3.8, 4) is 0 Å². The fourth-order valence-electron chi connectivity index (χ4n) is 1.25. The highest BCUT2D eigenvalue weighted by molar-refractivity contribution is 7.19. The van der Waals surface area contributed by atoms with E-state index in [1.165, 1.54) is 16.2 Å². The maximum absolute atomic E-state index is 10.5. The number of benzene rings is 1. The van der Waals surface area contributed by atoms with Crippen LogP contribution in [0.3, 0.4) is 0 Å². The standard InChI is InChI=1S/C11H9NOS/c12-11(13)6-5-9-7-8-3-1-2-4-10(8)14-9/h1-7H,(H2,12,13). The van der Waals surface area contributed by atoms with Crippen LogP contribution < -0.4 is 5.73 Å². The Kier molecular flexibility index (Phi) is 2.33. The fraction of sp³-hybridized carbons (Fsp3) is 0. The second kappa shape index (κ2) is 3.64. The zero-order valence-corrected chi connectivity index (χ0v) is 8.25. The molecule has 1 aromatic heterocycles. The third kappa shape index (κ3) is 1.83. The van der Waals surface area contributed by atoms with Gasteiger partial charge in [-0.2, -0.15) is 0 Å². The van der Waals surface area contributed by atoms with E-state index in [2.05, 4.69) is 6.07 Å². The van der Waals surface area contributed by atoms with Crippen molar-refractivity contribution in [2.75, 3.05) is 0 Å². The van der Waals surface area contributed by atoms with Crippen molar-refractivity contribution in [3.63, 3.8) is 0 Å². The van der Waals surface area contributed by atoms with Crippen LogP contribution in [-0.2, 0) is 4.79 Å². The minimum absolute atomic E-state index is 0.414. The predicted octanol–water partition coefficient (Wildman–Crippen LogP) is 2.40. The lowest BCUT2D eigenvalue weighted by Gasteiger charge is -1.82. The summed E-state index contributed by atoms with van der Waals surface area (Å²) in [6.45, 7) is 0. The molecule has 0 spiro atoms. The summed E-state index contributed by atoms with van der Waals surface area (Å²) in [7, 11) is 0. The Morgan fingerprint density at radius 3 is 2.86 bits per heavy atom. The summed E-state index contributed by atoms with van der Waals surface area (Å²) in [5, 5.41) is 1.20. The molecule has 0 bridgehead atoms. The second-order valence-corrected chi connectivity index (χ2v) is 4.04. The van der Waals surface area contributed by atoms with Crippen LogP contribution in [0.25, 0.3) is 16.2 Å². The minimum Gasteiger partial charge on any atom is -0.366 e. The lowest BCUT2D eigenvalue weighted by Crippen LogP contribution is -2.04. The first-order valence-electron chi connectivity index (χ1n) is 4.22. The van der Waals surface area contributed by atoms with Gasteiger partial charge in [0.2, 0.25) is 5.91 Å². The van der Waals surface area contributed by atoms with E-state index in [1.807, 2.05) is 24.3 Å². The number of carbonyl (C=O) groups is 1. The van der Waals surface area contributed by atoms with Gasteiger partial charge in [-0.1, -0.05) is 18.2 Å².